The molecule has 0 radical (unpaired) electrons. The van der Waals surface area contributed by atoms with E-state index in [9.17, 15) is 48.3 Å². The predicted octanol–water partition coefficient (Wildman–Crippen LogP) is 1.52. The first-order valence-corrected chi connectivity index (χ1v) is 20.1. The zero-order valence-electron chi connectivity index (χ0n) is 35.0. The molecule has 1 aromatic rings. The lowest BCUT2D eigenvalue weighted by atomic mass is 9.83. The Morgan fingerprint density at radius 3 is 2.05 bits per heavy atom. The van der Waals surface area contributed by atoms with E-state index in [4.69, 9.17) is 15.2 Å². The van der Waals surface area contributed by atoms with E-state index in [-0.39, 0.29) is 36.4 Å². The molecule has 18 heteroatoms. The highest BCUT2D eigenvalue weighted by atomic mass is 16.6. The monoisotopic (exact) mass is 828 g/mol. The number of likely N-dealkylation sites (tertiary alicyclic amines) is 1. The highest BCUT2D eigenvalue weighted by Crippen LogP contribution is 2.31. The Morgan fingerprint density at radius 1 is 0.864 bits per heavy atom. The summed E-state index contributed by atoms with van der Waals surface area (Å²) in [6.45, 7) is 11.3. The third-order valence-corrected chi connectivity index (χ3v) is 9.76. The Labute approximate surface area is 344 Å². The smallest absolute Gasteiger partial charge is 0.336 e. The van der Waals surface area contributed by atoms with E-state index in [0.717, 1.165) is 19.3 Å². The van der Waals surface area contributed by atoms with Crippen molar-refractivity contribution in [1.82, 2.24) is 26.2 Å². The number of hydrogen-bond acceptors (Lipinski definition) is 11. The van der Waals surface area contributed by atoms with Gasteiger partial charge in [-0.15, -0.1) is 0 Å². The van der Waals surface area contributed by atoms with Gasteiger partial charge in [-0.2, -0.15) is 0 Å². The molecule has 0 bridgehead atoms. The number of primary amides is 1. The Hall–Kier alpha value is -5.39. The lowest BCUT2D eigenvalue weighted by Gasteiger charge is -2.35. The van der Waals surface area contributed by atoms with Gasteiger partial charge in [0.05, 0.1) is 41.8 Å². The minimum atomic E-state index is -1.45. The minimum absolute atomic E-state index is 0.0240. The molecule has 1 aliphatic heterocycles. The number of nitrogens with one attached hydrogen (secondary N) is 4. The number of benzene rings is 1. The van der Waals surface area contributed by atoms with Crippen LogP contribution in [-0.4, -0.2) is 118 Å². The number of carboxylic acids is 1. The maximum Gasteiger partial charge on any atom is 0.336 e. The Morgan fingerprint density at radius 2 is 1.49 bits per heavy atom. The molecular weight excluding hydrogens is 768 g/mol. The van der Waals surface area contributed by atoms with Gasteiger partial charge in [0, 0.05) is 13.0 Å². The predicted molar refractivity (Wildman–Crippen MR) is 212 cm³/mol. The van der Waals surface area contributed by atoms with Crippen LogP contribution < -0.4 is 27.0 Å². The summed E-state index contributed by atoms with van der Waals surface area (Å²) < 4.78 is 11.4. The first-order valence-electron chi connectivity index (χ1n) is 20.1. The van der Waals surface area contributed by atoms with Crippen LogP contribution in [0.4, 0.5) is 0 Å². The molecule has 1 aliphatic carbocycles. The molecule has 18 nitrogen and oxygen atoms in total. The lowest BCUT2D eigenvalue weighted by molar-refractivity contribution is -0.156. The second-order valence-corrected chi connectivity index (χ2v) is 17.0. The molecule has 1 saturated heterocycles. The molecule has 2 aliphatic rings. The zero-order chi connectivity index (χ0) is 44.2. The quantitative estimate of drug-likeness (QED) is 0.0909. The van der Waals surface area contributed by atoms with Gasteiger partial charge in [-0.25, -0.2) is 4.79 Å². The summed E-state index contributed by atoms with van der Waals surface area (Å²) in [4.78, 5) is 119. The van der Waals surface area contributed by atoms with Gasteiger partial charge >= 0.3 is 11.9 Å². The summed E-state index contributed by atoms with van der Waals surface area (Å²) >= 11 is 0. The normalized spacial score (nSPS) is 18.7. The second kappa shape index (κ2) is 21.0. The van der Waals surface area contributed by atoms with Crippen LogP contribution in [0.2, 0.25) is 0 Å². The largest absolute Gasteiger partial charge is 0.478 e. The number of ketones is 1. The number of carboxylic acid groups (broad SMARTS) is 1. The average molecular weight is 829 g/mol. The van der Waals surface area contributed by atoms with Crippen LogP contribution in [0.3, 0.4) is 0 Å². The molecule has 1 saturated carbocycles. The zero-order valence-corrected chi connectivity index (χ0v) is 35.0. The van der Waals surface area contributed by atoms with Crippen molar-refractivity contribution in [2.45, 2.75) is 148 Å². The molecule has 1 heterocycles. The summed E-state index contributed by atoms with van der Waals surface area (Å²) in [7, 11) is 0. The lowest BCUT2D eigenvalue weighted by Crippen LogP contribution is -2.58. The van der Waals surface area contributed by atoms with E-state index in [1.165, 1.54) is 29.2 Å². The highest BCUT2D eigenvalue weighted by Gasteiger charge is 2.46. The molecule has 0 spiro atoms. The highest BCUT2D eigenvalue weighted by molar-refractivity contribution is 6.38. The van der Waals surface area contributed by atoms with Crippen molar-refractivity contribution in [3.8, 4) is 0 Å². The van der Waals surface area contributed by atoms with Gasteiger partial charge < -0.3 is 46.5 Å². The van der Waals surface area contributed by atoms with Crippen molar-refractivity contribution >= 4 is 53.2 Å². The van der Waals surface area contributed by atoms with Gasteiger partial charge in [0.1, 0.15) is 23.7 Å². The maximum atomic E-state index is 14.6. The summed E-state index contributed by atoms with van der Waals surface area (Å²) in [6, 6.07) is 0.554. The van der Waals surface area contributed by atoms with Gasteiger partial charge in [-0.1, -0.05) is 44.7 Å². The molecule has 5 atom stereocenters. The van der Waals surface area contributed by atoms with Gasteiger partial charge in [-0.3, -0.25) is 38.4 Å². The Kier molecular flexibility index (Phi) is 17.1. The van der Waals surface area contributed by atoms with Crippen LogP contribution in [-0.2, 0) is 43.0 Å². The average Bonchev–Trinajstić information content (AvgIpc) is 3.56. The minimum Gasteiger partial charge on any atom is -0.478 e. The molecule has 3 rings (SSSR count). The second-order valence-electron chi connectivity index (χ2n) is 17.0. The van der Waals surface area contributed by atoms with E-state index in [0.29, 0.717) is 19.3 Å². The number of rotatable bonds is 18. The SMILES string of the molecule is CCCC(NC(=O)[C@@H]1C[C@@H](OC(C)(C)C)CN1C(=O)[C@@H](NC(=O)c1ccccc1C(=O)O)C1CCCCC1)C(=O)C(=O)NCC(=O)N[C@H](CC(=O)OC(C)(C)C)C(N)=O. The van der Waals surface area contributed by atoms with Gasteiger partial charge in [-0.05, 0) is 78.9 Å². The number of amides is 6. The fraction of sp³-hybridized carbons (Fsp3) is 0.634. The number of ether oxygens (including phenoxy) is 2. The molecular formula is C41H60N6O12. The number of hydrogen-bond donors (Lipinski definition) is 6. The van der Waals surface area contributed by atoms with Crippen molar-refractivity contribution in [3.63, 3.8) is 0 Å². The van der Waals surface area contributed by atoms with Crippen LogP contribution in [0.25, 0.3) is 0 Å². The number of nitrogens with two attached hydrogens (primary N) is 1. The third kappa shape index (κ3) is 14.7. The van der Waals surface area contributed by atoms with Crippen LogP contribution in [0.5, 0.6) is 0 Å². The van der Waals surface area contributed by atoms with Crippen LogP contribution in [0.15, 0.2) is 24.3 Å². The summed E-state index contributed by atoms with van der Waals surface area (Å²) in [5, 5.41) is 19.6. The van der Waals surface area contributed by atoms with Crippen molar-refractivity contribution < 1.29 is 57.7 Å². The van der Waals surface area contributed by atoms with Crippen LogP contribution in [0.1, 0.15) is 127 Å². The summed E-state index contributed by atoms with van der Waals surface area (Å²) in [5.41, 5.74) is 3.46. The molecule has 6 amide bonds. The molecule has 0 aromatic heterocycles. The Balaban J connectivity index is 1.80. The van der Waals surface area contributed by atoms with Gasteiger partial charge in [0.15, 0.2) is 0 Å². The van der Waals surface area contributed by atoms with E-state index < -0.39 is 108 Å². The van der Waals surface area contributed by atoms with Gasteiger partial charge in [0.25, 0.3) is 11.8 Å². The van der Waals surface area contributed by atoms with Crippen molar-refractivity contribution in [1.29, 1.82) is 0 Å². The van der Waals surface area contributed by atoms with Crippen LogP contribution in [0, 0.1) is 5.92 Å². The number of carbonyl (C=O) groups excluding carboxylic acids is 8. The fourth-order valence-corrected chi connectivity index (χ4v) is 7.24. The number of aromatic carboxylic acids is 1. The first-order chi connectivity index (χ1) is 27.5. The number of esters is 1. The molecule has 1 unspecified atom stereocenters. The molecule has 1 aromatic carbocycles. The Bertz CT molecular complexity index is 1750. The van der Waals surface area contributed by atoms with Gasteiger partial charge in [0.2, 0.25) is 29.4 Å². The van der Waals surface area contributed by atoms with E-state index >= 15 is 0 Å². The standard InChI is InChI=1S/C41H60N6O12/c1-8-14-27(33(50)37(54)43-21-30(48)44-28(34(42)51)20-31(49)59-41(5,6)7)45-36(53)29-19-24(58-40(2,3)4)22-47(29)38(55)32(23-15-10-9-11-16-23)46-35(52)25-17-12-13-18-26(25)39(56)57/h12-13,17-18,23-24,27-29,32H,8-11,14-16,19-22H2,1-7H3,(H2,42,51)(H,43,54)(H,44,48)(H,45,53)(H,46,52)(H,56,57)/t24-,27?,28-,29+,32+/m1/s1. The molecule has 326 valence electrons. The van der Waals surface area contributed by atoms with E-state index in [1.54, 1.807) is 27.7 Å². The summed E-state index contributed by atoms with van der Waals surface area (Å²) in [5.74, 6) is -8.72. The van der Waals surface area contributed by atoms with E-state index in [2.05, 4.69) is 21.3 Å². The number of Topliss-reactive ketones (excluding diaryl/α,β-unsaturated/α-hetero) is 1. The molecule has 59 heavy (non-hydrogen) atoms. The van der Waals surface area contributed by atoms with Crippen molar-refractivity contribution in [3.05, 3.63) is 35.4 Å². The molecule has 7 N–H and O–H groups in total. The topological polar surface area (TPSA) is 270 Å². The third-order valence-electron chi connectivity index (χ3n) is 9.76. The number of nitrogens with zero attached hydrogens (tertiary/aromatic N) is 1. The fourth-order valence-electron chi connectivity index (χ4n) is 7.24. The van der Waals surface area contributed by atoms with Crippen LogP contribution >= 0.6 is 0 Å². The maximum absolute atomic E-state index is 14.6. The molecule has 2 fully saturated rings. The van der Waals surface area contributed by atoms with Crippen molar-refractivity contribution in [2.24, 2.45) is 11.7 Å². The summed E-state index contributed by atoms with van der Waals surface area (Å²) in [6.07, 6.45) is 2.99. The number of carbonyl (C=O) groups is 9. The van der Waals surface area contributed by atoms with Crippen molar-refractivity contribution in [2.75, 3.05) is 13.1 Å². The first kappa shape index (κ1) is 48.0. The van der Waals surface area contributed by atoms with E-state index in [1.807, 2.05) is 20.8 Å².